The van der Waals surface area contributed by atoms with Crippen LogP contribution >= 0.6 is 0 Å². The number of halogens is 1. The highest BCUT2D eigenvalue weighted by atomic mass is 19.1. The van der Waals surface area contributed by atoms with E-state index in [9.17, 15) is 14.4 Å². The summed E-state index contributed by atoms with van der Waals surface area (Å²) in [5.41, 5.74) is 1.67. The Morgan fingerprint density at radius 3 is 2.77 bits per heavy atom. The van der Waals surface area contributed by atoms with Gasteiger partial charge in [-0.05, 0) is 36.5 Å². The van der Waals surface area contributed by atoms with Gasteiger partial charge in [0, 0.05) is 17.7 Å². The summed E-state index contributed by atoms with van der Waals surface area (Å²) in [5.74, 6) is -0.169. The largest absolute Gasteiger partial charge is 0.342 e. The van der Waals surface area contributed by atoms with Crippen molar-refractivity contribution in [1.29, 1.82) is 5.26 Å². The fraction of sp³-hybridized carbons (Fsp3) is 0.350. The molecule has 1 aliphatic heterocycles. The molecule has 4 rings (SSSR count). The highest BCUT2D eigenvalue weighted by Crippen LogP contribution is 2.52. The van der Waals surface area contributed by atoms with Crippen molar-refractivity contribution < 1.29 is 9.18 Å². The van der Waals surface area contributed by atoms with Crippen molar-refractivity contribution in [3.05, 3.63) is 58.2 Å². The van der Waals surface area contributed by atoms with Gasteiger partial charge in [-0.3, -0.25) is 9.89 Å². The van der Waals surface area contributed by atoms with Gasteiger partial charge in [0.1, 0.15) is 0 Å². The molecule has 1 unspecified atom stereocenters. The lowest BCUT2D eigenvalue weighted by Gasteiger charge is -2.43. The van der Waals surface area contributed by atoms with Crippen LogP contribution < -0.4 is 5.32 Å². The number of ketones is 1. The van der Waals surface area contributed by atoms with Crippen LogP contribution in [0.3, 0.4) is 0 Å². The Bertz CT molecular complexity index is 1010. The third kappa shape index (κ3) is 2.20. The molecule has 1 aliphatic carbocycles. The van der Waals surface area contributed by atoms with Gasteiger partial charge in [0.15, 0.2) is 11.6 Å². The van der Waals surface area contributed by atoms with Crippen LogP contribution in [-0.4, -0.2) is 16.0 Å². The van der Waals surface area contributed by atoms with E-state index in [2.05, 4.69) is 21.6 Å². The van der Waals surface area contributed by atoms with Crippen LogP contribution in [0, 0.1) is 22.7 Å². The molecule has 0 radical (unpaired) electrons. The molecule has 6 heteroatoms. The molecule has 0 spiro atoms. The number of anilines is 1. The number of nitrogens with one attached hydrogen (secondary N) is 2. The first-order valence-electron chi connectivity index (χ1n) is 8.55. The van der Waals surface area contributed by atoms with E-state index in [0.717, 1.165) is 5.70 Å². The minimum Gasteiger partial charge on any atom is -0.342 e. The lowest BCUT2D eigenvalue weighted by Crippen LogP contribution is -2.42. The van der Waals surface area contributed by atoms with Crippen LogP contribution in [0.2, 0.25) is 0 Å². The topological polar surface area (TPSA) is 81.6 Å². The van der Waals surface area contributed by atoms with Crippen molar-refractivity contribution in [3.8, 4) is 6.07 Å². The fourth-order valence-electron chi connectivity index (χ4n) is 4.33. The molecule has 132 valence electrons. The Hall–Kier alpha value is -2.94. The number of carbonyl (C=O) groups excluding carboxylic acids is 1. The van der Waals surface area contributed by atoms with Crippen molar-refractivity contribution in [2.75, 3.05) is 5.32 Å². The zero-order chi connectivity index (χ0) is 18.7. The van der Waals surface area contributed by atoms with E-state index in [0.29, 0.717) is 40.9 Å². The number of nitriles is 1. The van der Waals surface area contributed by atoms with Crippen LogP contribution in [0.15, 0.2) is 35.5 Å². The molecule has 26 heavy (non-hydrogen) atoms. The number of hydrogen-bond donors (Lipinski definition) is 2. The number of nitrogens with zero attached hydrogens (tertiary/aromatic N) is 2. The number of H-pyrrole nitrogens is 1. The van der Waals surface area contributed by atoms with Crippen molar-refractivity contribution in [1.82, 2.24) is 10.2 Å². The van der Waals surface area contributed by atoms with Gasteiger partial charge in [0.25, 0.3) is 0 Å². The van der Waals surface area contributed by atoms with Gasteiger partial charge >= 0.3 is 0 Å². The third-order valence-corrected chi connectivity index (χ3v) is 5.44. The number of Topliss-reactive ketones (excluding diaryl/α,β-unsaturated/α-hetero) is 1. The van der Waals surface area contributed by atoms with Gasteiger partial charge in [-0.15, -0.1) is 0 Å². The monoisotopic (exact) mass is 350 g/mol. The predicted octanol–water partition coefficient (Wildman–Crippen LogP) is 3.80. The molecule has 2 aliphatic rings. The summed E-state index contributed by atoms with van der Waals surface area (Å²) in [6.07, 6.45) is 1.07. The zero-order valence-electron chi connectivity index (χ0n) is 14.9. The molecule has 0 fully saturated rings. The highest BCUT2D eigenvalue weighted by molar-refractivity contribution is 6.02. The fourth-order valence-corrected chi connectivity index (χ4v) is 4.33. The number of allylic oxidation sites excluding steroid dienone is 2. The first kappa shape index (κ1) is 16.5. The first-order valence-corrected chi connectivity index (χ1v) is 8.55. The molecule has 5 nitrogen and oxygen atoms in total. The smallest absolute Gasteiger partial charge is 0.215 e. The number of rotatable bonds is 1. The number of fused-ring (bicyclic) bond motifs is 1. The van der Waals surface area contributed by atoms with Gasteiger partial charge in [-0.2, -0.15) is 14.8 Å². The van der Waals surface area contributed by atoms with Gasteiger partial charge in [-0.1, -0.05) is 26.0 Å². The number of aromatic nitrogens is 2. The standard InChI is InChI=1S/C20H19FN4O/c1-19(2)8-13-15(14(26)9-19)20(3,12-6-4-5-11(7-12)10-22)16-17(21)24-25-18(16)23-13/h4-7H,8-9H2,1-3H3,(H2,23,24,25). The minimum atomic E-state index is -1.01. The molecule has 1 atom stereocenters. The molecular weight excluding hydrogens is 331 g/mol. The second-order valence-electron chi connectivity index (χ2n) is 8.00. The molecular formula is C20H19FN4O. The maximum Gasteiger partial charge on any atom is 0.215 e. The lowest BCUT2D eigenvalue weighted by molar-refractivity contribution is -0.118. The van der Waals surface area contributed by atoms with Gasteiger partial charge < -0.3 is 5.32 Å². The van der Waals surface area contributed by atoms with Crippen molar-refractivity contribution in [3.63, 3.8) is 0 Å². The number of aromatic amines is 1. The van der Waals surface area contributed by atoms with E-state index in [4.69, 9.17) is 0 Å². The van der Waals surface area contributed by atoms with Gasteiger partial charge in [0.2, 0.25) is 5.95 Å². The van der Waals surface area contributed by atoms with Crippen molar-refractivity contribution in [2.24, 2.45) is 5.41 Å². The van der Waals surface area contributed by atoms with E-state index in [1.165, 1.54) is 0 Å². The van der Waals surface area contributed by atoms with Crippen molar-refractivity contribution in [2.45, 2.75) is 39.0 Å². The Morgan fingerprint density at radius 1 is 1.27 bits per heavy atom. The Labute approximate surface area is 150 Å². The van der Waals surface area contributed by atoms with Crippen LogP contribution in [-0.2, 0) is 10.2 Å². The normalized spacial score (nSPS) is 23.7. The molecule has 2 aromatic rings. The second kappa shape index (κ2) is 5.28. The molecule has 2 heterocycles. The van der Waals surface area contributed by atoms with E-state index in [1.807, 2.05) is 26.8 Å². The molecule has 1 aromatic carbocycles. The average Bonchev–Trinajstić information content (AvgIpc) is 2.94. The SMILES string of the molecule is CC1(C)CC(=O)C2=C(C1)Nc1n[nH]c(F)c1C2(C)c1cccc(C#N)c1. The molecule has 1 aromatic heterocycles. The minimum absolute atomic E-state index is 0.000129. The Balaban J connectivity index is 2.03. The van der Waals surface area contributed by atoms with Crippen LogP contribution in [0.5, 0.6) is 0 Å². The lowest BCUT2D eigenvalue weighted by atomic mass is 9.62. The Morgan fingerprint density at radius 2 is 2.04 bits per heavy atom. The molecule has 0 bridgehead atoms. The summed E-state index contributed by atoms with van der Waals surface area (Å²) >= 11 is 0. The van der Waals surface area contributed by atoms with Gasteiger partial charge in [0.05, 0.1) is 22.6 Å². The zero-order valence-corrected chi connectivity index (χ0v) is 14.9. The van der Waals surface area contributed by atoms with Gasteiger partial charge in [-0.25, -0.2) is 0 Å². The Kier molecular flexibility index (Phi) is 3.35. The molecule has 0 saturated heterocycles. The second-order valence-corrected chi connectivity index (χ2v) is 8.00. The van der Waals surface area contributed by atoms with E-state index in [-0.39, 0.29) is 11.2 Å². The van der Waals surface area contributed by atoms with Crippen molar-refractivity contribution >= 4 is 11.6 Å². The number of benzene rings is 1. The van der Waals surface area contributed by atoms with Crippen LogP contribution in [0.25, 0.3) is 0 Å². The molecule has 0 amide bonds. The molecule has 0 saturated carbocycles. The van der Waals surface area contributed by atoms with Crippen LogP contribution in [0.1, 0.15) is 50.3 Å². The summed E-state index contributed by atoms with van der Waals surface area (Å²) in [4.78, 5) is 13.1. The quantitative estimate of drug-likeness (QED) is 0.820. The predicted molar refractivity (Wildman–Crippen MR) is 94.8 cm³/mol. The maximum atomic E-state index is 14.7. The summed E-state index contributed by atoms with van der Waals surface area (Å²) in [7, 11) is 0. The van der Waals surface area contributed by atoms with E-state index in [1.54, 1.807) is 18.2 Å². The first-order chi connectivity index (χ1) is 12.3. The average molecular weight is 350 g/mol. The van der Waals surface area contributed by atoms with E-state index >= 15 is 0 Å². The third-order valence-electron chi connectivity index (χ3n) is 5.44. The summed E-state index contributed by atoms with van der Waals surface area (Å²) in [6, 6.07) is 9.13. The maximum absolute atomic E-state index is 14.7. The summed E-state index contributed by atoms with van der Waals surface area (Å²) in [6.45, 7) is 5.93. The van der Waals surface area contributed by atoms with Crippen LogP contribution in [0.4, 0.5) is 10.2 Å². The number of carbonyl (C=O) groups is 1. The van der Waals surface area contributed by atoms with E-state index < -0.39 is 11.4 Å². The summed E-state index contributed by atoms with van der Waals surface area (Å²) in [5, 5.41) is 18.9. The molecule has 2 N–H and O–H groups in total. The number of hydrogen-bond acceptors (Lipinski definition) is 4. The summed E-state index contributed by atoms with van der Waals surface area (Å²) < 4.78 is 14.7. The highest BCUT2D eigenvalue weighted by Gasteiger charge is 2.50.